The summed E-state index contributed by atoms with van der Waals surface area (Å²) in [7, 11) is -3.76. The van der Waals surface area contributed by atoms with E-state index in [0.717, 1.165) is 5.56 Å². The Morgan fingerprint density at radius 1 is 0.939 bits per heavy atom. The summed E-state index contributed by atoms with van der Waals surface area (Å²) in [4.78, 5) is 17.4. The van der Waals surface area contributed by atoms with Gasteiger partial charge >= 0.3 is 0 Å². The number of anilines is 2. The van der Waals surface area contributed by atoms with Crippen molar-refractivity contribution >= 4 is 38.1 Å². The van der Waals surface area contributed by atoms with Crippen LogP contribution in [0, 0.1) is 0 Å². The van der Waals surface area contributed by atoms with Crippen molar-refractivity contribution in [1.29, 1.82) is 0 Å². The Hall–Kier alpha value is -3.89. The van der Waals surface area contributed by atoms with Crippen molar-refractivity contribution in [3.63, 3.8) is 0 Å². The second-order valence-corrected chi connectivity index (χ2v) is 9.60. The number of thiazole rings is 1. The first kappa shape index (κ1) is 21.0. The highest BCUT2D eigenvalue weighted by molar-refractivity contribution is 7.92. The molecule has 0 bridgehead atoms. The van der Waals surface area contributed by atoms with Crippen molar-refractivity contribution < 1.29 is 22.7 Å². The molecular weight excluding hydrogens is 462 g/mol. The predicted octanol–water partition coefficient (Wildman–Crippen LogP) is 4.59. The Morgan fingerprint density at radius 3 is 2.61 bits per heavy atom. The summed E-state index contributed by atoms with van der Waals surface area (Å²) in [6, 6.07) is 19.8. The summed E-state index contributed by atoms with van der Waals surface area (Å²) in [6.45, 7) is 0.192. The van der Waals surface area contributed by atoms with Crippen molar-refractivity contribution in [3.8, 4) is 22.8 Å². The van der Waals surface area contributed by atoms with E-state index in [1.165, 1.54) is 29.5 Å². The first-order valence-corrected chi connectivity index (χ1v) is 12.2. The van der Waals surface area contributed by atoms with Crippen molar-refractivity contribution in [2.45, 2.75) is 4.90 Å². The Bertz CT molecular complexity index is 1440. The average Bonchev–Trinajstić information content (AvgIpc) is 3.48. The molecule has 166 valence electrons. The summed E-state index contributed by atoms with van der Waals surface area (Å²) in [5.41, 5.74) is 2.11. The molecule has 1 aliphatic heterocycles. The van der Waals surface area contributed by atoms with E-state index in [1.54, 1.807) is 36.4 Å². The van der Waals surface area contributed by atoms with Gasteiger partial charge < -0.3 is 9.47 Å². The number of hydrogen-bond acceptors (Lipinski definition) is 7. The lowest BCUT2D eigenvalue weighted by atomic mass is 10.1. The molecule has 0 atom stereocenters. The van der Waals surface area contributed by atoms with Crippen molar-refractivity contribution in [2.75, 3.05) is 16.8 Å². The van der Waals surface area contributed by atoms with E-state index in [0.29, 0.717) is 27.9 Å². The van der Waals surface area contributed by atoms with Gasteiger partial charge in [0.25, 0.3) is 15.9 Å². The van der Waals surface area contributed by atoms with Crippen LogP contribution in [0.3, 0.4) is 0 Å². The first-order chi connectivity index (χ1) is 16.0. The van der Waals surface area contributed by atoms with Crippen molar-refractivity contribution in [2.24, 2.45) is 0 Å². The number of ether oxygens (including phenoxy) is 2. The number of sulfonamides is 1. The Balaban J connectivity index is 1.30. The molecule has 33 heavy (non-hydrogen) atoms. The van der Waals surface area contributed by atoms with E-state index in [-0.39, 0.29) is 17.4 Å². The van der Waals surface area contributed by atoms with Crippen LogP contribution in [0.15, 0.2) is 83.1 Å². The van der Waals surface area contributed by atoms with E-state index in [4.69, 9.17) is 9.47 Å². The highest BCUT2D eigenvalue weighted by Gasteiger charge is 2.17. The minimum absolute atomic E-state index is 0.138. The van der Waals surface area contributed by atoms with Crippen LogP contribution in [-0.4, -0.2) is 26.1 Å². The van der Waals surface area contributed by atoms with Crippen LogP contribution in [-0.2, 0) is 10.0 Å². The summed E-state index contributed by atoms with van der Waals surface area (Å²) in [5.74, 6) is 0.938. The lowest BCUT2D eigenvalue weighted by Gasteiger charge is -2.09. The molecule has 0 unspecified atom stereocenters. The fraction of sp³-hybridized carbons (Fsp3) is 0.0435. The Labute approximate surface area is 193 Å². The first-order valence-electron chi connectivity index (χ1n) is 9.83. The molecule has 0 aliphatic carbocycles. The van der Waals surface area contributed by atoms with Crippen LogP contribution >= 0.6 is 11.3 Å². The molecule has 0 fully saturated rings. The number of benzene rings is 3. The maximum Gasteiger partial charge on any atom is 0.261 e. The maximum atomic E-state index is 12.7. The van der Waals surface area contributed by atoms with Gasteiger partial charge in [0, 0.05) is 22.2 Å². The number of rotatable bonds is 6. The molecule has 0 spiro atoms. The van der Waals surface area contributed by atoms with E-state index < -0.39 is 15.9 Å². The largest absolute Gasteiger partial charge is 0.454 e. The monoisotopic (exact) mass is 479 g/mol. The minimum atomic E-state index is -3.76. The number of amides is 1. The molecule has 4 aromatic rings. The molecule has 3 aromatic carbocycles. The zero-order valence-electron chi connectivity index (χ0n) is 17.0. The molecule has 0 radical (unpaired) electrons. The van der Waals surface area contributed by atoms with Crippen LogP contribution in [0.4, 0.5) is 10.8 Å². The number of nitrogens with zero attached hydrogens (tertiary/aromatic N) is 1. The lowest BCUT2D eigenvalue weighted by Crippen LogP contribution is -2.15. The van der Waals surface area contributed by atoms with Gasteiger partial charge in [0.15, 0.2) is 16.6 Å². The summed E-state index contributed by atoms with van der Waals surface area (Å²) < 4.78 is 38.3. The van der Waals surface area contributed by atoms with Crippen molar-refractivity contribution in [3.05, 3.63) is 83.7 Å². The fourth-order valence-corrected chi connectivity index (χ4v) is 5.01. The molecule has 1 amide bonds. The number of aromatic nitrogens is 1. The number of carbonyl (C=O) groups excluding carboxylic acids is 1. The molecule has 5 rings (SSSR count). The molecule has 0 saturated carbocycles. The van der Waals surface area contributed by atoms with Crippen LogP contribution in [0.25, 0.3) is 11.3 Å². The van der Waals surface area contributed by atoms with Gasteiger partial charge in [0.05, 0.1) is 10.6 Å². The second kappa shape index (κ2) is 8.57. The van der Waals surface area contributed by atoms with Gasteiger partial charge in [-0.2, -0.15) is 0 Å². The number of hydrogen-bond donors (Lipinski definition) is 2. The molecule has 2 N–H and O–H groups in total. The normalized spacial score (nSPS) is 12.4. The number of nitrogens with one attached hydrogen (secondary N) is 2. The van der Waals surface area contributed by atoms with E-state index >= 15 is 0 Å². The highest BCUT2D eigenvalue weighted by Crippen LogP contribution is 2.36. The van der Waals surface area contributed by atoms with Crippen molar-refractivity contribution in [1.82, 2.24) is 4.98 Å². The SMILES string of the molecule is O=C(Nc1nc(-c2ccc3c(c2)OCO3)cs1)c1cccc(NS(=O)(=O)c2ccccc2)c1. The van der Waals surface area contributed by atoms with Crippen LogP contribution in [0.1, 0.15) is 10.4 Å². The van der Waals surface area contributed by atoms with Gasteiger partial charge in [-0.05, 0) is 48.5 Å². The van der Waals surface area contributed by atoms with E-state index in [9.17, 15) is 13.2 Å². The van der Waals surface area contributed by atoms with E-state index in [2.05, 4.69) is 15.0 Å². The summed E-state index contributed by atoms with van der Waals surface area (Å²) in [5, 5.41) is 5.01. The van der Waals surface area contributed by atoms with Crippen LogP contribution in [0.2, 0.25) is 0 Å². The zero-order chi connectivity index (χ0) is 22.8. The van der Waals surface area contributed by atoms with Gasteiger partial charge in [0.2, 0.25) is 6.79 Å². The molecular formula is C23H17N3O5S2. The second-order valence-electron chi connectivity index (χ2n) is 7.06. The Kier molecular flexibility index (Phi) is 5.45. The number of fused-ring (bicyclic) bond motifs is 1. The highest BCUT2D eigenvalue weighted by atomic mass is 32.2. The third-order valence-electron chi connectivity index (χ3n) is 4.82. The summed E-state index contributed by atoms with van der Waals surface area (Å²) >= 11 is 1.29. The third kappa shape index (κ3) is 4.52. The predicted molar refractivity (Wildman–Crippen MR) is 125 cm³/mol. The van der Waals surface area contributed by atoms with Gasteiger partial charge in [-0.15, -0.1) is 11.3 Å². The van der Waals surface area contributed by atoms with Gasteiger partial charge in [-0.1, -0.05) is 24.3 Å². The maximum absolute atomic E-state index is 12.7. The topological polar surface area (TPSA) is 107 Å². The molecule has 0 saturated heterocycles. The molecule has 1 aromatic heterocycles. The standard InChI is InChI=1S/C23H17N3O5S2/c27-22(16-5-4-6-17(11-16)26-33(28,29)18-7-2-1-3-8-18)25-23-24-19(13-32-23)15-9-10-20-21(12-15)31-14-30-20/h1-13,26H,14H2,(H,24,25,27). The number of carbonyl (C=O) groups is 1. The van der Waals surface area contributed by atoms with Gasteiger partial charge in [-0.3, -0.25) is 14.8 Å². The molecule has 1 aliphatic rings. The quantitative estimate of drug-likeness (QED) is 0.419. The minimum Gasteiger partial charge on any atom is -0.454 e. The molecule has 10 heteroatoms. The average molecular weight is 480 g/mol. The van der Waals surface area contributed by atoms with Gasteiger partial charge in [-0.25, -0.2) is 13.4 Å². The molecule has 8 nitrogen and oxygen atoms in total. The van der Waals surface area contributed by atoms with Crippen LogP contribution < -0.4 is 19.5 Å². The van der Waals surface area contributed by atoms with Gasteiger partial charge in [0.1, 0.15) is 0 Å². The fourth-order valence-electron chi connectivity index (χ4n) is 3.23. The molecule has 2 heterocycles. The zero-order valence-corrected chi connectivity index (χ0v) is 18.7. The third-order valence-corrected chi connectivity index (χ3v) is 6.98. The summed E-state index contributed by atoms with van der Waals surface area (Å²) in [6.07, 6.45) is 0. The lowest BCUT2D eigenvalue weighted by molar-refractivity contribution is 0.102. The Morgan fingerprint density at radius 2 is 1.76 bits per heavy atom. The van der Waals surface area contributed by atoms with E-state index in [1.807, 2.05) is 23.6 Å². The smallest absolute Gasteiger partial charge is 0.261 e. The van der Waals surface area contributed by atoms with Crippen LogP contribution in [0.5, 0.6) is 11.5 Å².